The zero-order valence-corrected chi connectivity index (χ0v) is 18.0. The maximum absolute atomic E-state index is 13.2. The monoisotopic (exact) mass is 406 g/mol. The smallest absolute Gasteiger partial charge is 0.183 e. The molecule has 0 aliphatic carbocycles. The first kappa shape index (κ1) is 19.5. The summed E-state index contributed by atoms with van der Waals surface area (Å²) in [6, 6.07) is 29.2. The van der Waals surface area contributed by atoms with E-state index in [1.807, 2.05) is 18.2 Å². The Balaban J connectivity index is 1.64. The van der Waals surface area contributed by atoms with E-state index in [4.69, 9.17) is 0 Å². The van der Waals surface area contributed by atoms with E-state index in [1.165, 1.54) is 27.6 Å². The van der Waals surface area contributed by atoms with Crippen LogP contribution in [-0.4, -0.2) is 23.9 Å². The van der Waals surface area contributed by atoms with E-state index < -0.39 is 0 Å². The second-order valence-corrected chi connectivity index (χ2v) is 8.73. The Bertz CT molecular complexity index is 1240. The number of Topliss-reactive ketones (excluding diaryl/α,β-unsaturated/α-hetero) is 1. The Kier molecular flexibility index (Phi) is 4.82. The van der Waals surface area contributed by atoms with Crippen LogP contribution in [0, 0.1) is 0 Å². The van der Waals surface area contributed by atoms with Gasteiger partial charge in [0, 0.05) is 36.8 Å². The fourth-order valence-corrected chi connectivity index (χ4v) is 5.31. The van der Waals surface area contributed by atoms with E-state index in [0.717, 1.165) is 6.42 Å². The van der Waals surface area contributed by atoms with Crippen molar-refractivity contribution in [2.24, 2.45) is 0 Å². The molecule has 0 amide bonds. The Morgan fingerprint density at radius 3 is 2.45 bits per heavy atom. The molecule has 2 unspecified atom stereocenters. The van der Waals surface area contributed by atoms with Gasteiger partial charge >= 0.3 is 0 Å². The Morgan fingerprint density at radius 2 is 1.68 bits per heavy atom. The number of nitrogens with zero attached hydrogens (tertiary/aromatic N) is 2. The lowest BCUT2D eigenvalue weighted by Crippen LogP contribution is -2.44. The third-order valence-corrected chi connectivity index (χ3v) is 6.80. The summed E-state index contributed by atoms with van der Waals surface area (Å²) in [5.41, 5.74) is 4.18. The maximum Gasteiger partial charge on any atom is 0.183 e. The van der Waals surface area contributed by atoms with Gasteiger partial charge in [-0.05, 0) is 46.5 Å². The minimum Gasteiger partial charge on any atom is -0.370 e. The third-order valence-electron chi connectivity index (χ3n) is 6.80. The van der Waals surface area contributed by atoms with Crippen LogP contribution in [0.15, 0.2) is 91.1 Å². The number of benzene rings is 3. The number of carbonyl (C=O) groups is 1. The van der Waals surface area contributed by atoms with Crippen LogP contribution in [0.4, 0.5) is 5.69 Å². The number of hydrogen-bond donors (Lipinski definition) is 0. The SMILES string of the molecule is CN1c2ccc3ccccc3c2C(C)(Cc2ccccc2)C1CC(=O)c1ccccn1. The standard InChI is InChI=1S/C28H26N2O/c1-28(19-20-10-4-3-5-11-20)26(18-25(31)23-14-8-9-17-29-23)30(2)24-16-15-21-12-6-7-13-22(21)27(24)28/h3-17,26H,18-19H2,1-2H3. The second-order valence-electron chi connectivity index (χ2n) is 8.73. The van der Waals surface area contributed by atoms with E-state index in [0.29, 0.717) is 12.1 Å². The molecule has 0 radical (unpaired) electrons. The summed E-state index contributed by atoms with van der Waals surface area (Å²) >= 11 is 0. The predicted molar refractivity (Wildman–Crippen MR) is 127 cm³/mol. The normalized spacial score (nSPS) is 20.1. The van der Waals surface area contributed by atoms with Gasteiger partial charge in [-0.3, -0.25) is 9.78 Å². The van der Waals surface area contributed by atoms with Crippen LogP contribution in [0.1, 0.15) is 35.0 Å². The van der Waals surface area contributed by atoms with E-state index in [1.54, 1.807) is 6.20 Å². The Morgan fingerprint density at radius 1 is 0.935 bits per heavy atom. The van der Waals surface area contributed by atoms with Crippen molar-refractivity contribution < 1.29 is 4.79 Å². The molecule has 31 heavy (non-hydrogen) atoms. The number of aromatic nitrogens is 1. The van der Waals surface area contributed by atoms with Crippen molar-refractivity contribution in [1.29, 1.82) is 0 Å². The highest BCUT2D eigenvalue weighted by Gasteiger charge is 2.48. The Hall–Kier alpha value is -3.46. The molecule has 0 fully saturated rings. The molecule has 2 heterocycles. The Labute approximate surface area is 183 Å². The largest absolute Gasteiger partial charge is 0.370 e. The van der Waals surface area contributed by atoms with Gasteiger partial charge in [0.15, 0.2) is 5.78 Å². The molecular formula is C28H26N2O. The van der Waals surface area contributed by atoms with Crippen molar-refractivity contribution in [1.82, 2.24) is 4.98 Å². The highest BCUT2D eigenvalue weighted by atomic mass is 16.1. The van der Waals surface area contributed by atoms with Gasteiger partial charge in [-0.25, -0.2) is 0 Å². The highest BCUT2D eigenvalue weighted by molar-refractivity contribution is 5.97. The van der Waals surface area contributed by atoms with Crippen LogP contribution < -0.4 is 4.90 Å². The van der Waals surface area contributed by atoms with E-state index in [9.17, 15) is 4.79 Å². The quantitative estimate of drug-likeness (QED) is 0.391. The average Bonchev–Trinajstić information content (AvgIpc) is 3.02. The third kappa shape index (κ3) is 3.31. The van der Waals surface area contributed by atoms with Crippen LogP contribution >= 0.6 is 0 Å². The fourth-order valence-electron chi connectivity index (χ4n) is 5.31. The number of pyridine rings is 1. The van der Waals surface area contributed by atoms with Gasteiger partial charge in [0.25, 0.3) is 0 Å². The van der Waals surface area contributed by atoms with Gasteiger partial charge in [-0.15, -0.1) is 0 Å². The van der Waals surface area contributed by atoms with Crippen LogP contribution in [-0.2, 0) is 11.8 Å². The minimum absolute atomic E-state index is 0.0445. The number of fused-ring (bicyclic) bond motifs is 3. The molecule has 154 valence electrons. The molecule has 1 aromatic heterocycles. The van der Waals surface area contributed by atoms with Crippen molar-refractivity contribution in [3.05, 3.63) is 108 Å². The molecule has 3 heteroatoms. The fraction of sp³-hybridized carbons (Fsp3) is 0.214. The minimum atomic E-state index is -0.212. The molecule has 0 saturated carbocycles. The van der Waals surface area contributed by atoms with Crippen LogP contribution in [0.2, 0.25) is 0 Å². The van der Waals surface area contributed by atoms with Crippen molar-refractivity contribution >= 4 is 22.2 Å². The summed E-state index contributed by atoms with van der Waals surface area (Å²) in [6.07, 6.45) is 3.00. The number of anilines is 1. The lowest BCUT2D eigenvalue weighted by atomic mass is 9.71. The summed E-state index contributed by atoms with van der Waals surface area (Å²) < 4.78 is 0. The molecule has 0 spiro atoms. The molecule has 4 aromatic rings. The van der Waals surface area contributed by atoms with Crippen molar-refractivity contribution in [2.75, 3.05) is 11.9 Å². The van der Waals surface area contributed by atoms with Crippen molar-refractivity contribution in [3.8, 4) is 0 Å². The summed E-state index contributed by atoms with van der Waals surface area (Å²) in [7, 11) is 2.13. The van der Waals surface area contributed by atoms with Crippen LogP contribution in [0.3, 0.4) is 0 Å². The van der Waals surface area contributed by atoms with E-state index in [-0.39, 0.29) is 17.2 Å². The number of hydrogen-bond acceptors (Lipinski definition) is 3. The molecule has 5 rings (SSSR count). The van der Waals surface area contributed by atoms with Gasteiger partial charge in [0.2, 0.25) is 0 Å². The molecule has 0 saturated heterocycles. The van der Waals surface area contributed by atoms with Crippen LogP contribution in [0.25, 0.3) is 10.8 Å². The first-order chi connectivity index (χ1) is 15.1. The second kappa shape index (κ2) is 7.66. The van der Waals surface area contributed by atoms with Crippen molar-refractivity contribution in [2.45, 2.75) is 31.2 Å². The van der Waals surface area contributed by atoms with Crippen LogP contribution in [0.5, 0.6) is 0 Å². The van der Waals surface area contributed by atoms with E-state index >= 15 is 0 Å². The molecule has 3 nitrogen and oxygen atoms in total. The zero-order chi connectivity index (χ0) is 21.4. The molecule has 0 bridgehead atoms. The van der Waals surface area contributed by atoms with Gasteiger partial charge in [0.1, 0.15) is 5.69 Å². The molecule has 1 aliphatic rings. The van der Waals surface area contributed by atoms with Gasteiger partial charge in [-0.2, -0.15) is 0 Å². The zero-order valence-electron chi connectivity index (χ0n) is 18.0. The molecule has 2 atom stereocenters. The number of rotatable bonds is 5. The lowest BCUT2D eigenvalue weighted by Gasteiger charge is -2.35. The number of ketones is 1. The van der Waals surface area contributed by atoms with E-state index in [2.05, 4.69) is 90.6 Å². The maximum atomic E-state index is 13.2. The topological polar surface area (TPSA) is 33.2 Å². The van der Waals surface area contributed by atoms with Crippen molar-refractivity contribution in [3.63, 3.8) is 0 Å². The molecular weight excluding hydrogens is 380 g/mol. The summed E-state index contributed by atoms with van der Waals surface area (Å²) in [5, 5.41) is 2.52. The number of carbonyl (C=O) groups excluding carboxylic acids is 1. The predicted octanol–water partition coefficient (Wildman–Crippen LogP) is 5.83. The molecule has 1 aliphatic heterocycles. The molecule has 3 aromatic carbocycles. The summed E-state index contributed by atoms with van der Waals surface area (Å²) in [4.78, 5) is 19.8. The van der Waals surface area contributed by atoms with Gasteiger partial charge in [-0.1, -0.05) is 73.7 Å². The first-order valence-electron chi connectivity index (χ1n) is 10.8. The number of likely N-dealkylation sites (N-methyl/N-ethyl adjacent to an activating group) is 1. The summed E-state index contributed by atoms with van der Waals surface area (Å²) in [6.45, 7) is 2.32. The first-order valence-corrected chi connectivity index (χ1v) is 10.8. The lowest BCUT2D eigenvalue weighted by molar-refractivity contribution is 0.0957. The van der Waals surface area contributed by atoms with Gasteiger partial charge in [0.05, 0.1) is 0 Å². The summed E-state index contributed by atoms with van der Waals surface area (Å²) in [5.74, 6) is 0.0915. The van der Waals surface area contributed by atoms with Gasteiger partial charge < -0.3 is 4.90 Å². The highest BCUT2D eigenvalue weighted by Crippen LogP contribution is 2.50. The average molecular weight is 407 g/mol. The molecule has 0 N–H and O–H groups in total.